The Morgan fingerprint density at radius 2 is 1.81 bits per heavy atom. The minimum Gasteiger partial charge on any atom is -0.480 e. The molecule has 0 aliphatic rings. The van der Waals surface area contributed by atoms with Crippen molar-refractivity contribution in [3.63, 3.8) is 0 Å². The van der Waals surface area contributed by atoms with E-state index in [1.54, 1.807) is 0 Å². The zero-order valence-electron chi connectivity index (χ0n) is 14.3. The molecule has 0 saturated carbocycles. The SMILES string of the molecule is COC(=O)c1nc(OC)c2sc3nc(-c4ccccc4)nc(C)c3c2n1. The van der Waals surface area contributed by atoms with Crippen LogP contribution in [0.25, 0.3) is 31.8 Å². The number of fused-ring (bicyclic) bond motifs is 3. The van der Waals surface area contributed by atoms with Crippen molar-refractivity contribution >= 4 is 37.7 Å². The molecule has 0 unspecified atom stereocenters. The normalized spacial score (nSPS) is 11.0. The topological polar surface area (TPSA) is 87.1 Å². The van der Waals surface area contributed by atoms with Crippen molar-refractivity contribution in [1.29, 1.82) is 0 Å². The number of benzene rings is 1. The number of thiophene rings is 1. The fourth-order valence-corrected chi connectivity index (χ4v) is 3.85. The average Bonchev–Trinajstić information content (AvgIpc) is 3.06. The standard InChI is InChI=1S/C18H14N4O3S/c1-9-11-12-13(16(24-2)21-15(20-12)18(23)25-3)26-17(11)22-14(19-9)10-7-5-4-6-8-10/h4-8H,1-3H3. The maximum atomic E-state index is 11.9. The van der Waals surface area contributed by atoms with Crippen LogP contribution in [0, 0.1) is 6.92 Å². The van der Waals surface area contributed by atoms with E-state index >= 15 is 0 Å². The van der Waals surface area contributed by atoms with Gasteiger partial charge in [-0.3, -0.25) is 0 Å². The predicted molar refractivity (Wildman–Crippen MR) is 98.6 cm³/mol. The van der Waals surface area contributed by atoms with Gasteiger partial charge in [0.15, 0.2) is 5.82 Å². The first-order valence-electron chi connectivity index (χ1n) is 7.79. The molecule has 0 saturated heterocycles. The van der Waals surface area contributed by atoms with Crippen LogP contribution in [0.2, 0.25) is 0 Å². The number of carbonyl (C=O) groups excluding carboxylic acids is 1. The molecule has 130 valence electrons. The highest BCUT2D eigenvalue weighted by Gasteiger charge is 2.21. The molecule has 7 nitrogen and oxygen atoms in total. The molecule has 3 heterocycles. The molecular formula is C18H14N4O3S. The van der Waals surface area contributed by atoms with Crippen LogP contribution in [0.15, 0.2) is 30.3 Å². The summed E-state index contributed by atoms with van der Waals surface area (Å²) in [4.78, 5) is 30.5. The lowest BCUT2D eigenvalue weighted by Gasteiger charge is -2.04. The predicted octanol–water partition coefficient (Wildman–Crippen LogP) is 3.41. The Labute approximate surface area is 152 Å². The molecule has 1 aromatic carbocycles. The molecule has 0 bridgehead atoms. The number of rotatable bonds is 3. The van der Waals surface area contributed by atoms with Crippen molar-refractivity contribution in [3.8, 4) is 17.3 Å². The highest BCUT2D eigenvalue weighted by molar-refractivity contribution is 7.25. The zero-order valence-corrected chi connectivity index (χ0v) is 15.1. The van der Waals surface area contributed by atoms with Crippen LogP contribution in [0.5, 0.6) is 5.88 Å². The van der Waals surface area contributed by atoms with E-state index in [9.17, 15) is 4.79 Å². The van der Waals surface area contributed by atoms with Crippen LogP contribution in [0.4, 0.5) is 0 Å². The summed E-state index contributed by atoms with van der Waals surface area (Å²) in [6.45, 7) is 1.90. The van der Waals surface area contributed by atoms with Crippen molar-refractivity contribution in [2.24, 2.45) is 0 Å². The van der Waals surface area contributed by atoms with E-state index < -0.39 is 5.97 Å². The van der Waals surface area contributed by atoms with Crippen LogP contribution in [-0.2, 0) is 4.74 Å². The van der Waals surface area contributed by atoms with Gasteiger partial charge in [0.25, 0.3) is 0 Å². The Balaban J connectivity index is 2.03. The van der Waals surface area contributed by atoms with Gasteiger partial charge in [-0.2, -0.15) is 4.98 Å². The third-order valence-electron chi connectivity index (χ3n) is 3.92. The van der Waals surface area contributed by atoms with Gasteiger partial charge in [0, 0.05) is 5.56 Å². The third kappa shape index (κ3) is 2.55. The zero-order chi connectivity index (χ0) is 18.3. The van der Waals surface area contributed by atoms with E-state index in [-0.39, 0.29) is 5.82 Å². The van der Waals surface area contributed by atoms with Crippen molar-refractivity contribution in [2.45, 2.75) is 6.92 Å². The number of esters is 1. The van der Waals surface area contributed by atoms with E-state index in [0.29, 0.717) is 17.2 Å². The largest absolute Gasteiger partial charge is 0.480 e. The number of hydrogen-bond acceptors (Lipinski definition) is 8. The second-order valence-corrected chi connectivity index (χ2v) is 6.51. The van der Waals surface area contributed by atoms with Crippen molar-refractivity contribution in [1.82, 2.24) is 19.9 Å². The van der Waals surface area contributed by atoms with E-state index in [4.69, 9.17) is 9.47 Å². The molecule has 26 heavy (non-hydrogen) atoms. The molecular weight excluding hydrogens is 352 g/mol. The molecule has 0 radical (unpaired) electrons. The molecule has 4 rings (SSSR count). The van der Waals surface area contributed by atoms with Gasteiger partial charge in [0.05, 0.1) is 25.3 Å². The summed E-state index contributed by atoms with van der Waals surface area (Å²) in [5, 5.41) is 0.788. The lowest BCUT2D eigenvalue weighted by Crippen LogP contribution is -2.08. The molecule has 0 aliphatic heterocycles. The minimum atomic E-state index is -0.621. The lowest BCUT2D eigenvalue weighted by molar-refractivity contribution is 0.0586. The Morgan fingerprint density at radius 3 is 2.50 bits per heavy atom. The maximum Gasteiger partial charge on any atom is 0.376 e. The van der Waals surface area contributed by atoms with Crippen LogP contribution in [0.3, 0.4) is 0 Å². The summed E-state index contributed by atoms with van der Waals surface area (Å²) in [5.41, 5.74) is 2.30. The number of nitrogens with zero attached hydrogens (tertiary/aromatic N) is 4. The van der Waals surface area contributed by atoms with E-state index in [0.717, 1.165) is 26.2 Å². The van der Waals surface area contributed by atoms with Gasteiger partial charge >= 0.3 is 5.97 Å². The Hall–Kier alpha value is -3.13. The van der Waals surface area contributed by atoms with Gasteiger partial charge in [-0.25, -0.2) is 19.7 Å². The number of hydrogen-bond donors (Lipinski definition) is 0. The van der Waals surface area contributed by atoms with Gasteiger partial charge in [0.2, 0.25) is 11.7 Å². The molecule has 0 atom stereocenters. The minimum absolute atomic E-state index is 0.0527. The van der Waals surface area contributed by atoms with E-state index in [1.165, 1.54) is 25.6 Å². The Bertz CT molecular complexity index is 1140. The Kier molecular flexibility index (Phi) is 3.96. The van der Waals surface area contributed by atoms with Gasteiger partial charge in [-0.15, -0.1) is 11.3 Å². The molecule has 0 amide bonds. The van der Waals surface area contributed by atoms with Crippen LogP contribution in [-0.4, -0.2) is 40.1 Å². The first-order valence-corrected chi connectivity index (χ1v) is 8.60. The quantitative estimate of drug-likeness (QED) is 0.514. The monoisotopic (exact) mass is 366 g/mol. The Morgan fingerprint density at radius 1 is 1.04 bits per heavy atom. The molecule has 0 N–H and O–H groups in total. The van der Waals surface area contributed by atoms with Crippen molar-refractivity contribution in [2.75, 3.05) is 14.2 Å². The maximum absolute atomic E-state index is 11.9. The molecule has 0 aliphatic carbocycles. The summed E-state index contributed by atoms with van der Waals surface area (Å²) in [7, 11) is 2.79. The lowest BCUT2D eigenvalue weighted by atomic mass is 10.2. The number of carbonyl (C=O) groups is 1. The van der Waals surface area contributed by atoms with E-state index in [1.807, 2.05) is 37.3 Å². The third-order valence-corrected chi connectivity index (χ3v) is 4.98. The average molecular weight is 366 g/mol. The van der Waals surface area contributed by atoms with Crippen molar-refractivity contribution < 1.29 is 14.3 Å². The summed E-state index contributed by atoms with van der Waals surface area (Å²) >= 11 is 1.41. The van der Waals surface area contributed by atoms with Gasteiger partial charge in [-0.1, -0.05) is 30.3 Å². The fourth-order valence-electron chi connectivity index (χ4n) is 2.72. The van der Waals surface area contributed by atoms with Crippen LogP contribution >= 0.6 is 11.3 Å². The molecule has 4 aromatic rings. The second-order valence-electron chi connectivity index (χ2n) is 5.51. The first-order chi connectivity index (χ1) is 12.6. The van der Waals surface area contributed by atoms with E-state index in [2.05, 4.69) is 19.9 Å². The highest BCUT2D eigenvalue weighted by atomic mass is 32.1. The molecule has 0 fully saturated rings. The second kappa shape index (κ2) is 6.30. The number of aromatic nitrogens is 4. The smallest absolute Gasteiger partial charge is 0.376 e. The van der Waals surface area contributed by atoms with Gasteiger partial charge in [0.1, 0.15) is 15.0 Å². The number of methoxy groups -OCH3 is 2. The number of aryl methyl sites for hydroxylation is 1. The first kappa shape index (κ1) is 16.3. The molecule has 3 aromatic heterocycles. The van der Waals surface area contributed by atoms with Crippen LogP contribution in [0.1, 0.15) is 16.3 Å². The highest BCUT2D eigenvalue weighted by Crippen LogP contribution is 2.38. The van der Waals surface area contributed by atoms with Crippen LogP contribution < -0.4 is 4.74 Å². The fraction of sp³-hybridized carbons (Fsp3) is 0.167. The number of ether oxygens (including phenoxy) is 2. The van der Waals surface area contributed by atoms with Gasteiger partial charge < -0.3 is 9.47 Å². The molecule has 0 spiro atoms. The molecule has 8 heteroatoms. The summed E-state index contributed by atoms with van der Waals surface area (Å²) < 4.78 is 10.8. The summed E-state index contributed by atoms with van der Waals surface area (Å²) in [6, 6.07) is 9.76. The summed E-state index contributed by atoms with van der Waals surface area (Å²) in [6.07, 6.45) is 0. The summed E-state index contributed by atoms with van der Waals surface area (Å²) in [5.74, 6) is 0.286. The van der Waals surface area contributed by atoms with Gasteiger partial charge in [-0.05, 0) is 6.92 Å². The van der Waals surface area contributed by atoms with Crippen molar-refractivity contribution in [3.05, 3.63) is 41.9 Å².